The maximum Gasteiger partial charge on any atom is 0.340 e. The van der Waals surface area contributed by atoms with Crippen molar-refractivity contribution >= 4 is 11.5 Å². The molecule has 0 saturated heterocycles. The Morgan fingerprint density at radius 3 is 2.44 bits per heavy atom. The first-order valence-corrected chi connectivity index (χ1v) is 5.64. The van der Waals surface area contributed by atoms with Crippen LogP contribution in [0.3, 0.4) is 0 Å². The molecule has 1 rings (SSSR count). The zero-order chi connectivity index (χ0) is 13.5. The molecule has 4 nitrogen and oxygen atoms in total. The fourth-order valence-corrected chi connectivity index (χ4v) is 1.44. The van der Waals surface area contributed by atoms with E-state index in [0.717, 1.165) is 5.56 Å². The van der Waals surface area contributed by atoms with E-state index in [1.807, 2.05) is 20.2 Å². The quantitative estimate of drug-likeness (QED) is 0.600. The molecule has 94 valence electrons. The van der Waals surface area contributed by atoms with Crippen molar-refractivity contribution in [3.63, 3.8) is 0 Å². The molecule has 0 unspecified atom stereocenters. The van der Waals surface area contributed by atoms with Crippen molar-refractivity contribution in [3.05, 3.63) is 41.6 Å². The number of rotatable bonds is 4. The lowest BCUT2D eigenvalue weighted by molar-refractivity contribution is -0.136. The zero-order valence-corrected chi connectivity index (χ0v) is 10.8. The average Bonchev–Trinajstić information content (AvgIpc) is 2.36. The topological polar surface area (TPSA) is 53.3 Å². The predicted molar refractivity (Wildman–Crippen MR) is 69.5 cm³/mol. The monoisotopic (exact) mass is 244 g/mol. The maximum atomic E-state index is 11.9. The number of hydrogen-bond acceptors (Lipinski definition) is 4. The fourth-order valence-electron chi connectivity index (χ4n) is 1.44. The number of carbonyl (C=O) groups is 1. The third-order valence-electron chi connectivity index (χ3n) is 2.21. The van der Waals surface area contributed by atoms with E-state index in [1.165, 1.54) is 0 Å². The summed E-state index contributed by atoms with van der Waals surface area (Å²) in [4.78, 5) is 13.6. The van der Waals surface area contributed by atoms with Gasteiger partial charge in [0.1, 0.15) is 0 Å². The Bertz CT molecular complexity index is 482. The van der Waals surface area contributed by atoms with Crippen LogP contribution in [0.4, 0.5) is 0 Å². The third-order valence-corrected chi connectivity index (χ3v) is 2.21. The van der Waals surface area contributed by atoms with Gasteiger partial charge in [-0.2, -0.15) is 5.26 Å². The molecule has 0 aliphatic heterocycles. The highest BCUT2D eigenvalue weighted by Crippen LogP contribution is 2.17. The molecule has 0 heterocycles. The van der Waals surface area contributed by atoms with E-state index < -0.39 is 0 Å². The molecule has 0 radical (unpaired) electrons. The van der Waals surface area contributed by atoms with Crippen LogP contribution < -0.4 is 0 Å². The first-order valence-electron chi connectivity index (χ1n) is 5.64. The number of nitrogens with zero attached hydrogens (tertiary/aromatic N) is 2. The van der Waals surface area contributed by atoms with Gasteiger partial charge < -0.3 is 9.64 Å². The Balaban J connectivity index is 3.10. The summed E-state index contributed by atoms with van der Waals surface area (Å²) in [6.07, 6.45) is 1.71. The first-order chi connectivity index (χ1) is 8.58. The highest BCUT2D eigenvalue weighted by molar-refractivity contribution is 6.16. The Labute approximate surface area is 107 Å². The molecule has 0 N–H and O–H groups in total. The van der Waals surface area contributed by atoms with Gasteiger partial charge in [-0.05, 0) is 24.6 Å². The normalized spacial score (nSPS) is 10.7. The van der Waals surface area contributed by atoms with E-state index in [-0.39, 0.29) is 5.97 Å². The molecule has 4 heteroatoms. The standard InChI is InChI=1S/C14H16N2O2/c1-4-18-14(17)13(10-16(2)3)12-7-5-11(9-15)6-8-12/h5-8,10H,4H2,1-3H3/b13-10-. The molecule has 0 atom stereocenters. The summed E-state index contributed by atoms with van der Waals surface area (Å²) in [5, 5.41) is 8.74. The Morgan fingerprint density at radius 1 is 1.39 bits per heavy atom. The van der Waals surface area contributed by atoms with Gasteiger partial charge in [-0.1, -0.05) is 12.1 Å². The van der Waals surface area contributed by atoms with E-state index in [0.29, 0.717) is 17.7 Å². The second-order valence-electron chi connectivity index (χ2n) is 3.92. The molecule has 0 aromatic heterocycles. The van der Waals surface area contributed by atoms with Gasteiger partial charge in [0.05, 0.1) is 23.8 Å². The smallest absolute Gasteiger partial charge is 0.340 e. The first kappa shape index (κ1) is 13.8. The molecule has 0 aliphatic carbocycles. The SMILES string of the molecule is CCOC(=O)/C(=C\N(C)C)c1ccc(C#N)cc1. The number of benzene rings is 1. The van der Waals surface area contributed by atoms with Gasteiger partial charge in [-0.3, -0.25) is 0 Å². The van der Waals surface area contributed by atoms with Gasteiger partial charge in [-0.15, -0.1) is 0 Å². The molecule has 0 bridgehead atoms. The Hall–Kier alpha value is -2.28. The van der Waals surface area contributed by atoms with E-state index >= 15 is 0 Å². The molecule has 1 aromatic rings. The summed E-state index contributed by atoms with van der Waals surface area (Å²) in [6.45, 7) is 2.10. The minimum atomic E-state index is -0.365. The molecular formula is C14H16N2O2. The van der Waals surface area contributed by atoms with Crippen molar-refractivity contribution < 1.29 is 9.53 Å². The summed E-state index contributed by atoms with van der Waals surface area (Å²) >= 11 is 0. The summed E-state index contributed by atoms with van der Waals surface area (Å²) in [6, 6.07) is 8.88. The second-order valence-corrected chi connectivity index (χ2v) is 3.92. The Kier molecular flexibility index (Phi) is 4.94. The molecule has 0 amide bonds. The minimum Gasteiger partial charge on any atom is -0.462 e. The highest BCUT2D eigenvalue weighted by Gasteiger charge is 2.13. The van der Waals surface area contributed by atoms with Crippen molar-refractivity contribution in [2.45, 2.75) is 6.92 Å². The van der Waals surface area contributed by atoms with Gasteiger partial charge in [0, 0.05) is 20.3 Å². The summed E-state index contributed by atoms with van der Waals surface area (Å²) in [5.41, 5.74) is 1.78. The second kappa shape index (κ2) is 6.45. The van der Waals surface area contributed by atoms with Crippen LogP contribution in [0, 0.1) is 11.3 Å². The van der Waals surface area contributed by atoms with Gasteiger partial charge >= 0.3 is 5.97 Å². The van der Waals surface area contributed by atoms with E-state index in [2.05, 4.69) is 0 Å². The van der Waals surface area contributed by atoms with Crippen molar-refractivity contribution in [1.29, 1.82) is 5.26 Å². The molecule has 1 aromatic carbocycles. The highest BCUT2D eigenvalue weighted by atomic mass is 16.5. The minimum absolute atomic E-state index is 0.333. The van der Waals surface area contributed by atoms with Crippen molar-refractivity contribution in [1.82, 2.24) is 4.90 Å². The molecule has 0 saturated carbocycles. The lowest BCUT2D eigenvalue weighted by Gasteiger charge is -2.11. The third kappa shape index (κ3) is 3.63. The maximum absolute atomic E-state index is 11.9. The molecule has 0 spiro atoms. The molecule has 0 fully saturated rings. The predicted octanol–water partition coefficient (Wildman–Crippen LogP) is 2.02. The van der Waals surface area contributed by atoms with Crippen molar-refractivity contribution in [3.8, 4) is 6.07 Å². The fraction of sp³-hybridized carbons (Fsp3) is 0.286. The number of esters is 1. The van der Waals surface area contributed by atoms with Crippen LogP contribution >= 0.6 is 0 Å². The van der Waals surface area contributed by atoms with E-state index in [1.54, 1.807) is 42.3 Å². The van der Waals surface area contributed by atoms with Crippen LogP contribution in [0.5, 0.6) is 0 Å². The van der Waals surface area contributed by atoms with Gasteiger partial charge in [0.25, 0.3) is 0 Å². The van der Waals surface area contributed by atoms with E-state index in [9.17, 15) is 4.79 Å². The van der Waals surface area contributed by atoms with Gasteiger partial charge in [0.2, 0.25) is 0 Å². The van der Waals surface area contributed by atoms with Crippen LogP contribution in [0.2, 0.25) is 0 Å². The summed E-state index contributed by atoms with van der Waals surface area (Å²) < 4.78 is 5.02. The lowest BCUT2D eigenvalue weighted by atomic mass is 10.1. The average molecular weight is 244 g/mol. The summed E-state index contributed by atoms with van der Waals surface area (Å²) in [5.74, 6) is -0.365. The number of carbonyl (C=O) groups excluding carboxylic acids is 1. The van der Waals surface area contributed by atoms with Crippen LogP contribution in [0.15, 0.2) is 30.5 Å². The van der Waals surface area contributed by atoms with Gasteiger partial charge in [-0.25, -0.2) is 4.79 Å². The lowest BCUT2D eigenvalue weighted by Crippen LogP contribution is -2.11. The van der Waals surface area contributed by atoms with Crippen LogP contribution in [-0.2, 0) is 9.53 Å². The van der Waals surface area contributed by atoms with Crippen molar-refractivity contribution in [2.75, 3.05) is 20.7 Å². The van der Waals surface area contributed by atoms with Crippen molar-refractivity contribution in [2.24, 2.45) is 0 Å². The largest absolute Gasteiger partial charge is 0.462 e. The van der Waals surface area contributed by atoms with E-state index in [4.69, 9.17) is 10.00 Å². The zero-order valence-electron chi connectivity index (χ0n) is 10.8. The van der Waals surface area contributed by atoms with Gasteiger partial charge in [0.15, 0.2) is 0 Å². The molecule has 18 heavy (non-hydrogen) atoms. The molecule has 0 aliphatic rings. The number of nitriles is 1. The molecular weight excluding hydrogens is 228 g/mol. The van der Waals surface area contributed by atoms with Crippen LogP contribution in [0.1, 0.15) is 18.1 Å². The number of hydrogen-bond donors (Lipinski definition) is 0. The number of ether oxygens (including phenoxy) is 1. The summed E-state index contributed by atoms with van der Waals surface area (Å²) in [7, 11) is 3.67. The van der Waals surface area contributed by atoms with Crippen LogP contribution in [0.25, 0.3) is 5.57 Å². The Morgan fingerprint density at radius 2 is 2.00 bits per heavy atom. The van der Waals surface area contributed by atoms with Crippen LogP contribution in [-0.4, -0.2) is 31.6 Å².